The number of pyridine rings is 1. The SMILES string of the molecule is Cc1nn(C)c2c1cnc1ccc(C(=O)N(N)Cc3cnc(-c4ccccc4)n3C)cc12. The summed E-state index contributed by atoms with van der Waals surface area (Å²) in [5, 5.41) is 7.55. The fourth-order valence-electron chi connectivity index (χ4n) is 4.11. The highest BCUT2D eigenvalue weighted by atomic mass is 16.2. The Bertz CT molecular complexity index is 1470. The molecule has 0 aliphatic rings. The van der Waals surface area contributed by atoms with Crippen LogP contribution in [0.1, 0.15) is 21.7 Å². The summed E-state index contributed by atoms with van der Waals surface area (Å²) in [6.07, 6.45) is 3.57. The third-order valence-corrected chi connectivity index (χ3v) is 5.81. The van der Waals surface area contributed by atoms with E-state index in [1.165, 1.54) is 5.01 Å². The van der Waals surface area contributed by atoms with Crippen LogP contribution in [0.4, 0.5) is 0 Å². The number of rotatable bonds is 4. The van der Waals surface area contributed by atoms with Crippen LogP contribution in [0.5, 0.6) is 0 Å². The summed E-state index contributed by atoms with van der Waals surface area (Å²) in [7, 11) is 3.82. The van der Waals surface area contributed by atoms with Crippen LogP contribution in [0.2, 0.25) is 0 Å². The average molecular weight is 425 g/mol. The molecule has 5 aromatic rings. The van der Waals surface area contributed by atoms with E-state index >= 15 is 0 Å². The molecule has 0 aliphatic carbocycles. The number of aromatic nitrogens is 5. The van der Waals surface area contributed by atoms with Crippen LogP contribution in [0.25, 0.3) is 33.2 Å². The molecule has 0 saturated heterocycles. The minimum absolute atomic E-state index is 0.237. The number of fused-ring (bicyclic) bond motifs is 3. The lowest BCUT2D eigenvalue weighted by Crippen LogP contribution is -2.37. The Hall–Kier alpha value is -4.04. The second-order valence-electron chi connectivity index (χ2n) is 7.89. The second-order valence-corrected chi connectivity index (χ2v) is 7.89. The summed E-state index contributed by atoms with van der Waals surface area (Å²) in [6, 6.07) is 15.3. The molecule has 2 aromatic carbocycles. The topological polar surface area (TPSA) is 94.9 Å². The first-order chi connectivity index (χ1) is 15.4. The van der Waals surface area contributed by atoms with Gasteiger partial charge in [0.15, 0.2) is 0 Å². The number of amides is 1. The lowest BCUT2D eigenvalue weighted by atomic mass is 10.1. The summed E-state index contributed by atoms with van der Waals surface area (Å²) < 4.78 is 3.78. The van der Waals surface area contributed by atoms with Gasteiger partial charge in [0.25, 0.3) is 5.91 Å². The summed E-state index contributed by atoms with van der Waals surface area (Å²) in [5.41, 5.74) is 5.00. The maximum atomic E-state index is 13.1. The van der Waals surface area contributed by atoms with Crippen molar-refractivity contribution in [3.8, 4) is 11.4 Å². The number of hydrazine groups is 1. The van der Waals surface area contributed by atoms with Crippen LogP contribution >= 0.6 is 0 Å². The molecule has 3 heterocycles. The normalized spacial score (nSPS) is 11.4. The summed E-state index contributed by atoms with van der Waals surface area (Å²) in [4.78, 5) is 22.2. The third kappa shape index (κ3) is 3.21. The molecule has 0 unspecified atom stereocenters. The molecule has 0 bridgehead atoms. The summed E-state index contributed by atoms with van der Waals surface area (Å²) >= 11 is 0. The highest BCUT2D eigenvalue weighted by Gasteiger charge is 2.18. The van der Waals surface area contributed by atoms with Crippen molar-refractivity contribution >= 4 is 27.7 Å². The van der Waals surface area contributed by atoms with E-state index in [0.717, 1.165) is 44.6 Å². The van der Waals surface area contributed by atoms with Crippen molar-refractivity contribution in [1.29, 1.82) is 0 Å². The molecule has 0 aliphatic heterocycles. The van der Waals surface area contributed by atoms with Gasteiger partial charge in [0.2, 0.25) is 0 Å². The molecule has 1 amide bonds. The van der Waals surface area contributed by atoms with Crippen molar-refractivity contribution in [1.82, 2.24) is 29.3 Å². The van der Waals surface area contributed by atoms with E-state index in [4.69, 9.17) is 5.84 Å². The number of imidazole rings is 1. The van der Waals surface area contributed by atoms with Gasteiger partial charge in [0.05, 0.1) is 35.2 Å². The quantitative estimate of drug-likeness (QED) is 0.271. The van der Waals surface area contributed by atoms with E-state index in [0.29, 0.717) is 5.56 Å². The highest BCUT2D eigenvalue weighted by Crippen LogP contribution is 2.26. The minimum Gasteiger partial charge on any atom is -0.329 e. The Morgan fingerprint density at radius 1 is 1.03 bits per heavy atom. The van der Waals surface area contributed by atoms with Crippen molar-refractivity contribution in [3.63, 3.8) is 0 Å². The molecule has 2 N–H and O–H groups in total. The Labute approximate surface area is 184 Å². The first-order valence-corrected chi connectivity index (χ1v) is 10.3. The van der Waals surface area contributed by atoms with Gasteiger partial charge in [-0.2, -0.15) is 5.10 Å². The number of hydrogen-bond acceptors (Lipinski definition) is 5. The molecule has 0 atom stereocenters. The van der Waals surface area contributed by atoms with Gasteiger partial charge in [0.1, 0.15) is 5.82 Å². The van der Waals surface area contributed by atoms with Crippen LogP contribution in [0.15, 0.2) is 60.9 Å². The van der Waals surface area contributed by atoms with Gasteiger partial charge in [0, 0.05) is 42.2 Å². The smallest absolute Gasteiger partial charge is 0.268 e. The lowest BCUT2D eigenvalue weighted by Gasteiger charge is -2.17. The van der Waals surface area contributed by atoms with E-state index in [1.807, 2.05) is 78.9 Å². The van der Waals surface area contributed by atoms with E-state index < -0.39 is 0 Å². The van der Waals surface area contributed by atoms with Crippen LogP contribution in [0.3, 0.4) is 0 Å². The van der Waals surface area contributed by atoms with Crippen LogP contribution in [-0.4, -0.2) is 35.2 Å². The zero-order valence-electron chi connectivity index (χ0n) is 18.1. The number of hydrogen-bond donors (Lipinski definition) is 1. The van der Waals surface area contributed by atoms with Crippen molar-refractivity contribution in [3.05, 3.63) is 77.9 Å². The van der Waals surface area contributed by atoms with Gasteiger partial charge in [-0.15, -0.1) is 0 Å². The molecule has 0 fully saturated rings. The predicted octanol–water partition coefficient (Wildman–Crippen LogP) is 3.35. The van der Waals surface area contributed by atoms with Gasteiger partial charge >= 0.3 is 0 Å². The Morgan fingerprint density at radius 3 is 2.59 bits per heavy atom. The van der Waals surface area contributed by atoms with Gasteiger partial charge < -0.3 is 4.57 Å². The summed E-state index contributed by atoms with van der Waals surface area (Å²) in [5.74, 6) is 6.75. The number of benzene rings is 2. The monoisotopic (exact) mass is 425 g/mol. The van der Waals surface area contributed by atoms with Crippen molar-refractivity contribution in [2.75, 3.05) is 0 Å². The number of nitrogens with two attached hydrogens (primary N) is 1. The highest BCUT2D eigenvalue weighted by molar-refractivity contribution is 6.07. The molecular weight excluding hydrogens is 402 g/mol. The molecule has 5 rings (SSSR count). The fraction of sp³-hybridized carbons (Fsp3) is 0.167. The zero-order valence-corrected chi connectivity index (χ0v) is 18.1. The maximum Gasteiger partial charge on any atom is 0.268 e. The molecule has 8 heteroatoms. The lowest BCUT2D eigenvalue weighted by molar-refractivity contribution is 0.0740. The standard InChI is InChI=1S/C24H23N7O/c1-15-20-13-26-21-10-9-17(11-19(21)22(20)30(3)28-15)24(32)31(25)14-18-12-27-23(29(18)2)16-7-5-4-6-8-16/h4-13H,14,25H2,1-3H3. The molecule has 0 radical (unpaired) electrons. The predicted molar refractivity (Wildman–Crippen MR) is 123 cm³/mol. The molecule has 0 saturated carbocycles. The largest absolute Gasteiger partial charge is 0.329 e. The third-order valence-electron chi connectivity index (χ3n) is 5.81. The van der Waals surface area contributed by atoms with Gasteiger partial charge in [-0.25, -0.2) is 10.8 Å². The van der Waals surface area contributed by atoms with E-state index in [9.17, 15) is 4.79 Å². The number of nitrogens with zero attached hydrogens (tertiary/aromatic N) is 6. The number of carbonyl (C=O) groups excluding carboxylic acids is 1. The van der Waals surface area contributed by atoms with Crippen LogP contribution < -0.4 is 5.84 Å². The van der Waals surface area contributed by atoms with Crippen LogP contribution in [0, 0.1) is 6.92 Å². The number of carbonyl (C=O) groups is 1. The van der Waals surface area contributed by atoms with E-state index in [-0.39, 0.29) is 12.5 Å². The first-order valence-electron chi connectivity index (χ1n) is 10.3. The molecule has 160 valence electrons. The van der Waals surface area contributed by atoms with Gasteiger partial charge in [-0.05, 0) is 25.1 Å². The minimum atomic E-state index is -0.273. The molecule has 3 aromatic heterocycles. The van der Waals surface area contributed by atoms with Gasteiger partial charge in [-0.3, -0.25) is 19.5 Å². The average Bonchev–Trinajstić information content (AvgIpc) is 3.32. The first kappa shape index (κ1) is 19.9. The van der Waals surface area contributed by atoms with Crippen molar-refractivity contribution in [2.24, 2.45) is 19.9 Å². The Kier molecular flexibility index (Phi) is 4.71. The maximum absolute atomic E-state index is 13.1. The van der Waals surface area contributed by atoms with Gasteiger partial charge in [-0.1, -0.05) is 30.3 Å². The zero-order chi connectivity index (χ0) is 22.4. The van der Waals surface area contributed by atoms with Crippen molar-refractivity contribution < 1.29 is 4.79 Å². The summed E-state index contributed by atoms with van der Waals surface area (Å²) in [6.45, 7) is 2.19. The molecule has 8 nitrogen and oxygen atoms in total. The van der Waals surface area contributed by atoms with Crippen LogP contribution in [-0.2, 0) is 20.6 Å². The Balaban J connectivity index is 1.45. The number of aryl methyl sites for hydroxylation is 2. The second kappa shape index (κ2) is 7.58. The fourth-order valence-corrected chi connectivity index (χ4v) is 4.11. The van der Waals surface area contributed by atoms with Crippen molar-refractivity contribution in [2.45, 2.75) is 13.5 Å². The molecule has 32 heavy (non-hydrogen) atoms. The Morgan fingerprint density at radius 2 is 1.81 bits per heavy atom. The molecule has 0 spiro atoms. The van der Waals surface area contributed by atoms with E-state index in [1.54, 1.807) is 12.3 Å². The molecular formula is C24H23N7O. The van der Waals surface area contributed by atoms with E-state index in [2.05, 4.69) is 15.1 Å².